The molecule has 17 heavy (non-hydrogen) atoms. The molecule has 0 aromatic carbocycles. The molecule has 0 saturated carbocycles. The first kappa shape index (κ1) is 26.8. The van der Waals surface area contributed by atoms with Gasteiger partial charge in [0, 0.05) is 0 Å². The molecule has 13 heteroatoms. The Labute approximate surface area is 121 Å². The third-order valence-corrected chi connectivity index (χ3v) is 2.74. The maximum Gasteiger partial charge on any atom is 0.0695 e. The molecular weight excluding hydrogens is 417 g/mol. The van der Waals surface area contributed by atoms with Crippen LogP contribution in [0, 0.1) is 38.3 Å². The molecule has 0 aromatic heterocycles. The van der Waals surface area contributed by atoms with Crippen molar-refractivity contribution in [3.8, 4) is 0 Å². The van der Waals surface area contributed by atoms with Gasteiger partial charge in [0.2, 0.25) is 0 Å². The van der Waals surface area contributed by atoms with E-state index in [9.17, 15) is 0 Å². The Bertz CT molecular complexity index is 93.9. The van der Waals surface area contributed by atoms with E-state index >= 15 is 0 Å². The topological polar surface area (TPSA) is 208 Å². The summed E-state index contributed by atoms with van der Waals surface area (Å²) in [5, 5.41) is 0. The van der Waals surface area contributed by atoms with Crippen LogP contribution in [-0.4, -0.2) is 22.5 Å². The molecule has 0 aliphatic heterocycles. The van der Waals surface area contributed by atoms with E-state index in [1.165, 1.54) is 4.44 Å². The quantitative estimate of drug-likeness (QED) is 0.364. The minimum absolute atomic E-state index is 0.924. The van der Waals surface area contributed by atoms with Crippen molar-refractivity contribution in [1.29, 1.82) is 0 Å². The predicted molar refractivity (Wildman–Crippen MR) is 25.4 cm³/mol. The molecule has 0 bridgehead atoms. The van der Waals surface area contributed by atoms with Crippen LogP contribution in [0.1, 0.15) is 13.8 Å². The van der Waals surface area contributed by atoms with Crippen molar-refractivity contribution in [3.63, 3.8) is 0 Å². The van der Waals surface area contributed by atoms with Gasteiger partial charge in [-0.25, -0.2) is 0 Å². The van der Waals surface area contributed by atoms with E-state index in [4.69, 9.17) is 41.9 Å². The summed E-state index contributed by atoms with van der Waals surface area (Å²) in [6.07, 6.45) is 0. The van der Waals surface area contributed by atoms with Crippen LogP contribution in [0.4, 0.5) is 0 Å². The molecule has 0 amide bonds. The second-order valence-electron chi connectivity index (χ2n) is 2.16. The number of halogens is 3. The van der Waals surface area contributed by atoms with Gasteiger partial charge in [-0.15, -0.1) is 0 Å². The van der Waals surface area contributed by atoms with Gasteiger partial charge in [0.15, 0.2) is 0 Å². The average molecular weight is 426 g/mol. The number of hydrogen-bond acceptors (Lipinski definition) is 9. The van der Waals surface area contributed by atoms with Crippen LogP contribution in [-0.2, 0) is 0 Å². The maximum atomic E-state index is 8.41. The molecule has 104 valence electrons. The van der Waals surface area contributed by atoms with Crippen molar-refractivity contribution in [1.82, 2.24) is 0 Å². The van der Waals surface area contributed by atoms with Crippen molar-refractivity contribution in [3.05, 3.63) is 0 Å². The Hall–Kier alpha value is 1.31. The van der Waals surface area contributed by atoms with Crippen LogP contribution in [0.15, 0.2) is 0 Å². The molecule has 0 N–H and O–H groups in total. The smallest absolute Gasteiger partial charge is 0.0695 e. The molecular formula is C4H9Cl3O9Sn. The maximum absolute atomic E-state index is 8.41. The molecule has 9 nitrogen and oxygen atoms in total. The van der Waals surface area contributed by atoms with Crippen LogP contribution >= 0.6 is 0 Å². The summed E-state index contributed by atoms with van der Waals surface area (Å²) in [7, 11) is -8.56. The zero-order valence-corrected chi connectivity index (χ0v) is 13.7. The molecule has 0 aliphatic carbocycles. The van der Waals surface area contributed by atoms with Crippen LogP contribution < -0.4 is 41.9 Å². The van der Waals surface area contributed by atoms with Crippen LogP contribution in [0.5, 0.6) is 0 Å². The van der Waals surface area contributed by atoms with E-state index in [1.807, 2.05) is 0 Å². The Balaban J connectivity index is -0.0000000667. The molecule has 0 aromatic rings. The zero-order valence-electron chi connectivity index (χ0n) is 8.59. The molecule has 0 rings (SSSR count). The van der Waals surface area contributed by atoms with E-state index in [1.54, 1.807) is 22.5 Å². The summed E-state index contributed by atoms with van der Waals surface area (Å²) in [6.45, 7) is 4.49. The summed E-state index contributed by atoms with van der Waals surface area (Å²) >= 11 is 1.66. The van der Waals surface area contributed by atoms with Crippen molar-refractivity contribution >= 4 is 22.5 Å². The average Bonchev–Trinajstić information content (AvgIpc) is 2.00. The molecule has 0 saturated heterocycles. The predicted octanol–water partition coefficient (Wildman–Crippen LogP) is -9.47. The van der Waals surface area contributed by atoms with E-state index in [2.05, 4.69) is 13.8 Å². The van der Waals surface area contributed by atoms with Gasteiger partial charge in [0.25, 0.3) is 0 Å². The van der Waals surface area contributed by atoms with Gasteiger partial charge in [0.1, 0.15) is 0 Å². The standard InChI is InChI=1S/C4H9.3ClO3.Sn/c1-4(2)3;3*2-1(3)4;/h4H,1H2,2-3H3;;;;/q;3*-1;+3. The van der Waals surface area contributed by atoms with Gasteiger partial charge in [-0.1, -0.05) is 0 Å². The first-order valence-electron chi connectivity index (χ1n) is 3.31. The summed E-state index contributed by atoms with van der Waals surface area (Å²) in [5.74, 6) is 0.924. The van der Waals surface area contributed by atoms with Gasteiger partial charge < -0.3 is 41.9 Å². The molecule has 0 fully saturated rings. The van der Waals surface area contributed by atoms with Crippen molar-refractivity contribution in [2.24, 2.45) is 5.92 Å². The first-order chi connectivity index (χ1) is 7.47. The van der Waals surface area contributed by atoms with E-state index in [-0.39, 0.29) is 0 Å². The van der Waals surface area contributed by atoms with Gasteiger partial charge in [-0.2, -0.15) is 0 Å². The van der Waals surface area contributed by atoms with Gasteiger partial charge in [-0.05, 0) is 0 Å². The summed E-state index contributed by atoms with van der Waals surface area (Å²) in [6, 6.07) is 0. The third-order valence-electron chi connectivity index (χ3n) is 0.408. The molecule has 0 unspecified atom stereocenters. The third kappa shape index (κ3) is 371. The van der Waals surface area contributed by atoms with Crippen LogP contribution in [0.25, 0.3) is 0 Å². The SMILES string of the molecule is CC(C)[CH2][Sn+3].[O-][Cl+2]([O-])[O-].[O-][Cl+2]([O-])[O-].[O-][Cl+2]([O-])[O-]. The largest absolute Gasteiger partial charge is 0.357 e. The molecule has 0 atom stereocenters. The molecule has 0 heterocycles. The van der Waals surface area contributed by atoms with E-state index in [0.29, 0.717) is 0 Å². The molecule has 0 spiro atoms. The minimum atomic E-state index is -2.85. The van der Waals surface area contributed by atoms with Crippen molar-refractivity contribution in [2.45, 2.75) is 18.3 Å². The fourth-order valence-corrected chi connectivity index (χ4v) is 0. The normalized spacial score (nSPS) is 9.24. The minimum Gasteiger partial charge on any atom is -0.357 e. The molecule has 0 aliphatic rings. The summed E-state index contributed by atoms with van der Waals surface area (Å²) in [5.41, 5.74) is 0. The summed E-state index contributed by atoms with van der Waals surface area (Å²) in [4.78, 5) is 0. The second-order valence-corrected chi connectivity index (χ2v) is 4.46. The monoisotopic (exact) mass is 426 g/mol. The Morgan fingerprint density at radius 1 is 0.706 bits per heavy atom. The zero-order chi connectivity index (χ0) is 15.0. The first-order valence-corrected chi connectivity index (χ1v) is 8.10. The van der Waals surface area contributed by atoms with E-state index < -0.39 is 32.4 Å². The van der Waals surface area contributed by atoms with Gasteiger partial charge >= 0.3 is 46.7 Å². The number of hydrogen-bond donors (Lipinski definition) is 0. The van der Waals surface area contributed by atoms with Crippen LogP contribution in [0.2, 0.25) is 4.44 Å². The van der Waals surface area contributed by atoms with Crippen molar-refractivity contribution < 1.29 is 74.3 Å². The van der Waals surface area contributed by atoms with Crippen molar-refractivity contribution in [2.75, 3.05) is 0 Å². The fraction of sp³-hybridized carbons (Fsp3) is 1.00. The summed E-state index contributed by atoms with van der Waals surface area (Å²) < 4.78 is 77.1. The Morgan fingerprint density at radius 2 is 0.765 bits per heavy atom. The van der Waals surface area contributed by atoms with E-state index in [0.717, 1.165) is 5.92 Å². The molecule has 0 radical (unpaired) electrons. The number of rotatable bonds is 1. The van der Waals surface area contributed by atoms with Gasteiger partial charge in [0.05, 0.1) is 32.4 Å². The van der Waals surface area contributed by atoms with Crippen LogP contribution in [0.3, 0.4) is 0 Å². The Morgan fingerprint density at radius 3 is 0.765 bits per heavy atom. The van der Waals surface area contributed by atoms with Gasteiger partial charge in [-0.3, -0.25) is 0 Å². The fourth-order valence-electron chi connectivity index (χ4n) is 0. The Kier molecular flexibility index (Phi) is 35.4. The second kappa shape index (κ2) is 22.5.